The number of likely N-dealkylation sites (tertiary alicyclic amines) is 1. The highest BCUT2D eigenvalue weighted by Crippen LogP contribution is 2.21. The second-order valence-electron chi connectivity index (χ2n) is 7.50. The van der Waals surface area contributed by atoms with Crippen LogP contribution in [0.5, 0.6) is 0 Å². The van der Waals surface area contributed by atoms with E-state index < -0.39 is 0 Å². The molecule has 1 aromatic carbocycles. The molecule has 0 spiro atoms. The zero-order chi connectivity index (χ0) is 17.8. The van der Waals surface area contributed by atoms with Crippen molar-refractivity contribution in [1.29, 1.82) is 0 Å². The number of aromatic nitrogens is 3. The largest absolute Gasteiger partial charge is 0.337 e. The predicted octanol–water partition coefficient (Wildman–Crippen LogP) is 2.46. The van der Waals surface area contributed by atoms with E-state index in [9.17, 15) is 4.79 Å². The van der Waals surface area contributed by atoms with Crippen molar-refractivity contribution in [2.24, 2.45) is 0 Å². The molecule has 0 unspecified atom stereocenters. The second-order valence-corrected chi connectivity index (χ2v) is 7.50. The van der Waals surface area contributed by atoms with Gasteiger partial charge in [0, 0.05) is 25.2 Å². The molecule has 1 aromatic heterocycles. The number of amides is 1. The summed E-state index contributed by atoms with van der Waals surface area (Å²) in [6, 6.07) is 11.3. The van der Waals surface area contributed by atoms with Crippen LogP contribution in [0.15, 0.2) is 36.5 Å². The van der Waals surface area contributed by atoms with Gasteiger partial charge in [-0.1, -0.05) is 48.4 Å². The first-order valence-corrected chi connectivity index (χ1v) is 9.77. The van der Waals surface area contributed by atoms with Gasteiger partial charge in [-0.15, -0.1) is 5.10 Å². The van der Waals surface area contributed by atoms with Gasteiger partial charge in [0.15, 0.2) is 5.69 Å². The summed E-state index contributed by atoms with van der Waals surface area (Å²) in [4.78, 5) is 14.6. The van der Waals surface area contributed by atoms with Crippen molar-refractivity contribution >= 4 is 5.91 Å². The van der Waals surface area contributed by atoms with E-state index in [1.54, 1.807) is 10.9 Å². The lowest BCUT2D eigenvalue weighted by Crippen LogP contribution is -2.47. The van der Waals surface area contributed by atoms with Gasteiger partial charge in [0.2, 0.25) is 0 Å². The van der Waals surface area contributed by atoms with Crippen molar-refractivity contribution in [3.8, 4) is 0 Å². The van der Waals surface area contributed by atoms with Crippen molar-refractivity contribution in [2.45, 2.75) is 57.2 Å². The molecule has 2 fully saturated rings. The van der Waals surface area contributed by atoms with Crippen LogP contribution < -0.4 is 5.32 Å². The van der Waals surface area contributed by atoms with Gasteiger partial charge in [-0.2, -0.15) is 0 Å². The van der Waals surface area contributed by atoms with E-state index in [4.69, 9.17) is 0 Å². The minimum absolute atomic E-state index is 0.00336. The summed E-state index contributed by atoms with van der Waals surface area (Å²) in [7, 11) is 0. The van der Waals surface area contributed by atoms with Crippen LogP contribution in [0.3, 0.4) is 0 Å². The fourth-order valence-electron chi connectivity index (χ4n) is 4.08. The van der Waals surface area contributed by atoms with Crippen LogP contribution in [-0.4, -0.2) is 51.0 Å². The van der Waals surface area contributed by atoms with Crippen LogP contribution in [0, 0.1) is 0 Å². The molecule has 0 bridgehead atoms. The summed E-state index contributed by atoms with van der Waals surface area (Å²) in [5, 5.41) is 12.0. The highest BCUT2D eigenvalue weighted by Gasteiger charge is 2.27. The summed E-state index contributed by atoms with van der Waals surface area (Å²) >= 11 is 0. The Kier molecular flexibility index (Phi) is 5.29. The van der Waals surface area contributed by atoms with Gasteiger partial charge in [-0.25, -0.2) is 4.68 Å². The van der Waals surface area contributed by atoms with Gasteiger partial charge in [0.05, 0.1) is 12.7 Å². The summed E-state index contributed by atoms with van der Waals surface area (Å²) in [6.07, 6.45) is 9.15. The molecular weight excluding hydrogens is 326 g/mol. The number of hydrogen-bond donors (Lipinski definition) is 1. The molecule has 26 heavy (non-hydrogen) atoms. The first-order valence-electron chi connectivity index (χ1n) is 9.77. The Balaban J connectivity index is 1.29. The molecule has 6 heteroatoms. The molecule has 4 rings (SSSR count). The monoisotopic (exact) mass is 353 g/mol. The molecule has 1 saturated carbocycles. The normalized spacial score (nSPS) is 19.2. The number of nitrogens with one attached hydrogen (secondary N) is 1. The number of piperidine rings is 1. The molecule has 1 aliphatic heterocycles. The van der Waals surface area contributed by atoms with E-state index in [-0.39, 0.29) is 5.91 Å². The molecule has 6 nitrogen and oxygen atoms in total. The Labute approximate surface area is 154 Å². The standard InChI is InChI=1S/C20H27N5O/c26-20(19-15-25(23-22-19)14-16-6-2-1-3-7-16)24-12-10-18(11-13-24)21-17-8-4-5-9-17/h1-3,6-7,15,17-18,21H,4-5,8-14H2. The van der Waals surface area contributed by atoms with Crippen LogP contribution in [-0.2, 0) is 6.54 Å². The van der Waals surface area contributed by atoms with Gasteiger partial charge in [0.1, 0.15) is 0 Å². The molecule has 0 radical (unpaired) electrons. The van der Waals surface area contributed by atoms with Gasteiger partial charge in [-0.3, -0.25) is 4.79 Å². The van der Waals surface area contributed by atoms with Crippen molar-refractivity contribution in [1.82, 2.24) is 25.2 Å². The van der Waals surface area contributed by atoms with Crippen LogP contribution in [0.25, 0.3) is 0 Å². The van der Waals surface area contributed by atoms with Crippen molar-refractivity contribution < 1.29 is 4.79 Å². The van der Waals surface area contributed by atoms with Gasteiger partial charge in [-0.05, 0) is 31.2 Å². The number of benzene rings is 1. The third-order valence-corrected chi connectivity index (χ3v) is 5.55. The third-order valence-electron chi connectivity index (χ3n) is 5.55. The Morgan fingerprint density at radius 3 is 2.46 bits per heavy atom. The maximum atomic E-state index is 12.7. The lowest BCUT2D eigenvalue weighted by molar-refractivity contribution is 0.0696. The van der Waals surface area contributed by atoms with Crippen molar-refractivity contribution in [3.05, 3.63) is 47.8 Å². The first kappa shape index (κ1) is 17.2. The molecule has 2 aromatic rings. The Hall–Kier alpha value is -2.21. The number of rotatable bonds is 5. The Morgan fingerprint density at radius 2 is 1.73 bits per heavy atom. The topological polar surface area (TPSA) is 63.1 Å². The quantitative estimate of drug-likeness (QED) is 0.897. The minimum atomic E-state index is 0.00336. The zero-order valence-electron chi connectivity index (χ0n) is 15.2. The zero-order valence-corrected chi connectivity index (χ0v) is 15.2. The number of nitrogens with zero attached hydrogens (tertiary/aromatic N) is 4. The van der Waals surface area contributed by atoms with E-state index in [0.717, 1.165) is 31.5 Å². The summed E-state index contributed by atoms with van der Waals surface area (Å²) < 4.78 is 1.73. The van der Waals surface area contributed by atoms with Gasteiger partial charge < -0.3 is 10.2 Å². The highest BCUT2D eigenvalue weighted by atomic mass is 16.2. The molecule has 0 atom stereocenters. The molecule has 138 valence electrons. The van der Waals surface area contributed by atoms with Crippen LogP contribution in [0.2, 0.25) is 0 Å². The molecular formula is C20H27N5O. The highest BCUT2D eigenvalue weighted by molar-refractivity contribution is 5.92. The Morgan fingerprint density at radius 1 is 1.04 bits per heavy atom. The van der Waals surface area contributed by atoms with E-state index >= 15 is 0 Å². The summed E-state index contributed by atoms with van der Waals surface area (Å²) in [5.74, 6) is 0.00336. The maximum absolute atomic E-state index is 12.7. The fourth-order valence-corrected chi connectivity index (χ4v) is 4.08. The third kappa shape index (κ3) is 4.12. The van der Waals surface area contributed by atoms with E-state index in [1.165, 1.54) is 25.7 Å². The van der Waals surface area contributed by atoms with Crippen molar-refractivity contribution in [3.63, 3.8) is 0 Å². The molecule has 2 heterocycles. The molecule has 1 saturated heterocycles. The van der Waals surface area contributed by atoms with E-state index in [1.807, 2.05) is 35.2 Å². The average Bonchev–Trinajstić information content (AvgIpc) is 3.35. The Bertz CT molecular complexity index is 715. The van der Waals surface area contributed by atoms with Gasteiger partial charge >= 0.3 is 0 Å². The first-order chi connectivity index (χ1) is 12.8. The molecule has 1 N–H and O–H groups in total. The van der Waals surface area contributed by atoms with Gasteiger partial charge in [0.25, 0.3) is 5.91 Å². The van der Waals surface area contributed by atoms with Crippen LogP contribution >= 0.6 is 0 Å². The molecule has 1 amide bonds. The van der Waals surface area contributed by atoms with E-state index in [2.05, 4.69) is 15.6 Å². The van der Waals surface area contributed by atoms with Crippen LogP contribution in [0.4, 0.5) is 0 Å². The lowest BCUT2D eigenvalue weighted by atomic mass is 10.0. The smallest absolute Gasteiger partial charge is 0.276 e. The molecule has 2 aliphatic rings. The predicted molar refractivity (Wildman–Crippen MR) is 99.9 cm³/mol. The molecule has 1 aliphatic carbocycles. The van der Waals surface area contributed by atoms with Crippen molar-refractivity contribution in [2.75, 3.05) is 13.1 Å². The number of hydrogen-bond acceptors (Lipinski definition) is 4. The second kappa shape index (κ2) is 7.99. The minimum Gasteiger partial charge on any atom is -0.337 e. The van der Waals surface area contributed by atoms with E-state index in [0.29, 0.717) is 24.3 Å². The average molecular weight is 353 g/mol. The number of carbonyl (C=O) groups excluding carboxylic acids is 1. The lowest BCUT2D eigenvalue weighted by Gasteiger charge is -2.33. The summed E-state index contributed by atoms with van der Waals surface area (Å²) in [5.41, 5.74) is 1.60. The SMILES string of the molecule is O=C(c1cn(Cc2ccccc2)nn1)N1CCC(NC2CCCC2)CC1. The number of carbonyl (C=O) groups is 1. The maximum Gasteiger partial charge on any atom is 0.276 e. The van der Waals surface area contributed by atoms with Crippen LogP contribution in [0.1, 0.15) is 54.6 Å². The summed E-state index contributed by atoms with van der Waals surface area (Å²) in [6.45, 7) is 2.23. The fraction of sp³-hybridized carbons (Fsp3) is 0.550.